The average Bonchev–Trinajstić information content (AvgIpc) is 3.05. The van der Waals surface area contributed by atoms with Crippen LogP contribution in [0, 0.1) is 0 Å². The van der Waals surface area contributed by atoms with Crippen molar-refractivity contribution in [3.8, 4) is 0 Å². The van der Waals surface area contributed by atoms with Gasteiger partial charge in [0.05, 0.1) is 19.1 Å². The molecular weight excluding hydrogens is 298 g/mol. The van der Waals surface area contributed by atoms with E-state index in [-0.39, 0.29) is 35.8 Å². The largest absolute Gasteiger partial charge is 0.394 e. The number of aromatic nitrogens is 4. The lowest BCUT2D eigenvalue weighted by Gasteiger charge is -2.16. The highest BCUT2D eigenvalue weighted by Crippen LogP contribution is 2.11. The van der Waals surface area contributed by atoms with Gasteiger partial charge in [-0.1, -0.05) is 30.3 Å². The van der Waals surface area contributed by atoms with Crippen LogP contribution in [0.15, 0.2) is 47.7 Å². The molecular formula is C15H15N5O3. The molecule has 0 aliphatic heterocycles. The lowest BCUT2D eigenvalue weighted by molar-refractivity contribution is -0.121. The van der Waals surface area contributed by atoms with Crippen molar-refractivity contribution in [2.24, 2.45) is 0 Å². The van der Waals surface area contributed by atoms with Gasteiger partial charge in [-0.15, -0.1) is 0 Å². The first-order chi connectivity index (χ1) is 11.2. The Balaban J connectivity index is 1.75. The fourth-order valence-corrected chi connectivity index (χ4v) is 2.29. The van der Waals surface area contributed by atoms with Crippen LogP contribution >= 0.6 is 0 Å². The number of benzene rings is 1. The number of rotatable bonds is 5. The summed E-state index contributed by atoms with van der Waals surface area (Å²) in [5, 5.41) is 14.8. The molecule has 0 aliphatic carbocycles. The maximum Gasteiger partial charge on any atom is 0.277 e. The third kappa shape index (κ3) is 3.11. The summed E-state index contributed by atoms with van der Waals surface area (Å²) in [6.07, 6.45) is 2.57. The SMILES string of the molecule is O=C(Cc1cnc2nc[nH]n2c1=O)N[C@H](CO)c1ccccc1. The second kappa shape index (κ2) is 6.41. The molecule has 0 fully saturated rings. The minimum Gasteiger partial charge on any atom is -0.394 e. The molecule has 0 spiro atoms. The Bertz CT molecular complexity index is 871. The van der Waals surface area contributed by atoms with Crippen LogP contribution in [0.25, 0.3) is 5.78 Å². The number of aliphatic hydroxyl groups excluding tert-OH is 1. The van der Waals surface area contributed by atoms with Crippen molar-refractivity contribution in [3.63, 3.8) is 0 Å². The van der Waals surface area contributed by atoms with E-state index in [4.69, 9.17) is 0 Å². The summed E-state index contributed by atoms with van der Waals surface area (Å²) < 4.78 is 1.17. The van der Waals surface area contributed by atoms with E-state index in [2.05, 4.69) is 20.4 Å². The van der Waals surface area contributed by atoms with E-state index in [1.807, 2.05) is 30.3 Å². The molecule has 0 aliphatic rings. The molecule has 3 N–H and O–H groups in total. The summed E-state index contributed by atoms with van der Waals surface area (Å²) in [6.45, 7) is -0.230. The summed E-state index contributed by atoms with van der Waals surface area (Å²) in [5.74, 6) is -0.122. The molecule has 0 saturated heterocycles. The van der Waals surface area contributed by atoms with Crippen LogP contribution in [-0.2, 0) is 11.2 Å². The first-order valence-electron chi connectivity index (χ1n) is 7.04. The molecule has 1 aromatic carbocycles. The maximum atomic E-state index is 12.2. The molecule has 1 amide bonds. The lowest BCUT2D eigenvalue weighted by atomic mass is 10.1. The molecule has 0 unspecified atom stereocenters. The minimum absolute atomic E-state index is 0.128. The Morgan fingerprint density at radius 3 is 2.83 bits per heavy atom. The van der Waals surface area contributed by atoms with Gasteiger partial charge in [0, 0.05) is 11.8 Å². The fraction of sp³-hybridized carbons (Fsp3) is 0.200. The van der Waals surface area contributed by atoms with Gasteiger partial charge in [0.25, 0.3) is 11.3 Å². The Kier molecular flexibility index (Phi) is 4.15. The number of hydrogen-bond donors (Lipinski definition) is 3. The van der Waals surface area contributed by atoms with E-state index >= 15 is 0 Å². The van der Waals surface area contributed by atoms with Crippen molar-refractivity contribution in [1.82, 2.24) is 24.9 Å². The minimum atomic E-state index is -0.518. The fourth-order valence-electron chi connectivity index (χ4n) is 2.29. The zero-order valence-electron chi connectivity index (χ0n) is 12.1. The second-order valence-electron chi connectivity index (χ2n) is 5.00. The number of amides is 1. The second-order valence-corrected chi connectivity index (χ2v) is 5.00. The molecule has 8 heteroatoms. The molecule has 118 valence electrons. The summed E-state index contributed by atoms with van der Waals surface area (Å²) >= 11 is 0. The predicted molar refractivity (Wildman–Crippen MR) is 81.7 cm³/mol. The van der Waals surface area contributed by atoms with Gasteiger partial charge in [-0.05, 0) is 5.56 Å². The zero-order valence-corrected chi connectivity index (χ0v) is 12.1. The molecule has 2 heterocycles. The summed E-state index contributed by atoms with van der Waals surface area (Å²) in [7, 11) is 0. The molecule has 3 aromatic rings. The van der Waals surface area contributed by atoms with Crippen LogP contribution in [0.4, 0.5) is 0 Å². The van der Waals surface area contributed by atoms with Gasteiger partial charge in [-0.2, -0.15) is 4.52 Å². The summed E-state index contributed by atoms with van der Waals surface area (Å²) in [5.41, 5.74) is 0.666. The van der Waals surface area contributed by atoms with Crippen LogP contribution in [0.3, 0.4) is 0 Å². The van der Waals surface area contributed by atoms with Crippen LogP contribution in [0.1, 0.15) is 17.2 Å². The van der Waals surface area contributed by atoms with Crippen molar-refractivity contribution in [3.05, 3.63) is 64.3 Å². The van der Waals surface area contributed by atoms with Crippen molar-refractivity contribution < 1.29 is 9.90 Å². The van der Waals surface area contributed by atoms with Crippen LogP contribution in [0.2, 0.25) is 0 Å². The number of fused-ring (bicyclic) bond motifs is 1. The quantitative estimate of drug-likeness (QED) is 0.604. The molecule has 0 saturated carbocycles. The highest BCUT2D eigenvalue weighted by molar-refractivity contribution is 5.78. The third-order valence-electron chi connectivity index (χ3n) is 3.45. The average molecular weight is 313 g/mol. The van der Waals surface area contributed by atoms with E-state index < -0.39 is 6.04 Å². The third-order valence-corrected chi connectivity index (χ3v) is 3.45. The number of carbonyl (C=O) groups excluding carboxylic acids is 1. The van der Waals surface area contributed by atoms with Crippen LogP contribution < -0.4 is 10.9 Å². The van der Waals surface area contributed by atoms with E-state index in [0.717, 1.165) is 5.56 Å². The molecule has 2 aromatic heterocycles. The van der Waals surface area contributed by atoms with Gasteiger partial charge in [0.2, 0.25) is 5.91 Å². The number of carbonyl (C=O) groups is 1. The number of nitrogens with one attached hydrogen (secondary N) is 2. The topological polar surface area (TPSA) is 112 Å². The zero-order chi connectivity index (χ0) is 16.2. The Hall–Kier alpha value is -3.00. The van der Waals surface area contributed by atoms with Gasteiger partial charge in [0.1, 0.15) is 6.33 Å². The molecule has 0 bridgehead atoms. The monoisotopic (exact) mass is 313 g/mol. The number of nitrogens with zero attached hydrogens (tertiary/aromatic N) is 3. The van der Waals surface area contributed by atoms with E-state index in [1.165, 1.54) is 17.0 Å². The Morgan fingerprint density at radius 2 is 2.09 bits per heavy atom. The Morgan fingerprint density at radius 1 is 1.30 bits per heavy atom. The molecule has 3 rings (SSSR count). The molecule has 0 radical (unpaired) electrons. The van der Waals surface area contributed by atoms with Gasteiger partial charge >= 0.3 is 0 Å². The molecule has 8 nitrogen and oxygen atoms in total. The highest BCUT2D eigenvalue weighted by Gasteiger charge is 2.16. The van der Waals surface area contributed by atoms with Crippen LogP contribution in [-0.4, -0.2) is 37.2 Å². The van der Waals surface area contributed by atoms with Crippen molar-refractivity contribution in [2.45, 2.75) is 12.5 Å². The number of aliphatic hydroxyl groups is 1. The van der Waals surface area contributed by atoms with Gasteiger partial charge in [0.15, 0.2) is 0 Å². The molecule has 1 atom stereocenters. The van der Waals surface area contributed by atoms with Crippen molar-refractivity contribution >= 4 is 11.7 Å². The molecule has 23 heavy (non-hydrogen) atoms. The predicted octanol–water partition coefficient (Wildman–Crippen LogP) is -0.190. The Labute approximate surface area is 130 Å². The standard InChI is InChI=1S/C15H15N5O3/c21-8-12(10-4-2-1-3-5-10)19-13(22)6-11-7-16-15-17-9-18-20(15)14(11)23/h1-5,7,9,12,21H,6,8H2,(H,19,22)(H,16,17,18)/t12-/m1/s1. The maximum absolute atomic E-state index is 12.2. The normalized spacial score (nSPS) is 12.2. The van der Waals surface area contributed by atoms with Gasteiger partial charge in [-0.25, -0.2) is 9.97 Å². The number of hydrogen-bond acceptors (Lipinski definition) is 5. The van der Waals surface area contributed by atoms with E-state index in [1.54, 1.807) is 0 Å². The van der Waals surface area contributed by atoms with Crippen molar-refractivity contribution in [2.75, 3.05) is 6.61 Å². The lowest BCUT2D eigenvalue weighted by Crippen LogP contribution is -2.33. The van der Waals surface area contributed by atoms with E-state index in [0.29, 0.717) is 0 Å². The smallest absolute Gasteiger partial charge is 0.277 e. The summed E-state index contributed by atoms with van der Waals surface area (Å²) in [4.78, 5) is 32.2. The first kappa shape index (κ1) is 14.9. The van der Waals surface area contributed by atoms with Crippen molar-refractivity contribution in [1.29, 1.82) is 0 Å². The van der Waals surface area contributed by atoms with Crippen LogP contribution in [0.5, 0.6) is 0 Å². The summed E-state index contributed by atoms with van der Waals surface area (Å²) in [6, 6.07) is 8.61. The number of aromatic amines is 1. The van der Waals surface area contributed by atoms with Gasteiger partial charge in [-0.3, -0.25) is 14.7 Å². The highest BCUT2D eigenvalue weighted by atomic mass is 16.3. The van der Waals surface area contributed by atoms with Gasteiger partial charge < -0.3 is 10.4 Å². The number of H-pyrrole nitrogens is 1. The van der Waals surface area contributed by atoms with E-state index in [9.17, 15) is 14.7 Å². The first-order valence-corrected chi connectivity index (χ1v) is 7.04.